The Bertz CT molecular complexity index is 1540. The van der Waals surface area contributed by atoms with Crippen molar-refractivity contribution in [3.8, 4) is 11.5 Å². The number of fused-ring (bicyclic) bond motifs is 1. The number of benzene rings is 3. The molecule has 0 aliphatic heterocycles. The van der Waals surface area contributed by atoms with Crippen LogP contribution < -0.4 is 20.7 Å². The van der Waals surface area contributed by atoms with Crippen molar-refractivity contribution < 1.29 is 14.4 Å². The minimum Gasteiger partial charge on any atom is -0.493 e. The van der Waals surface area contributed by atoms with E-state index in [1.807, 2.05) is 47.4 Å². The fraction of sp³-hybridized carbons (Fsp3) is 0.0833. The normalized spacial score (nSPS) is 11.1. The average molecular weight is 524 g/mol. The molecular weight excluding hydrogens is 506 g/mol. The van der Waals surface area contributed by atoms with E-state index in [-0.39, 0.29) is 5.69 Å². The molecule has 4 aromatic rings. The number of ether oxygens (including phenoxy) is 2. The number of methoxy groups -OCH3 is 1. The van der Waals surface area contributed by atoms with Crippen molar-refractivity contribution >= 4 is 44.5 Å². The second-order valence-corrected chi connectivity index (χ2v) is 8.08. The number of rotatable bonds is 7. The Morgan fingerprint density at radius 1 is 1.06 bits per heavy atom. The molecule has 1 heterocycles. The van der Waals surface area contributed by atoms with Crippen molar-refractivity contribution in [2.24, 2.45) is 0 Å². The van der Waals surface area contributed by atoms with Crippen LogP contribution in [-0.2, 0) is 6.61 Å². The lowest BCUT2D eigenvalue weighted by atomic mass is 10.1. The van der Waals surface area contributed by atoms with Gasteiger partial charge in [0.15, 0.2) is 11.5 Å². The lowest BCUT2D eigenvalue weighted by Gasteiger charge is -2.14. The minimum atomic E-state index is -1.08. The first-order valence-electron chi connectivity index (χ1n) is 10.0. The summed E-state index contributed by atoms with van der Waals surface area (Å²) in [6.07, 6.45) is 2.80. The summed E-state index contributed by atoms with van der Waals surface area (Å²) in [5, 5.41) is 13.4. The Morgan fingerprint density at radius 2 is 1.82 bits per heavy atom. The maximum Gasteiger partial charge on any atom is 0.357 e. The summed E-state index contributed by atoms with van der Waals surface area (Å²) in [6, 6.07) is 17.4. The van der Waals surface area contributed by atoms with Crippen LogP contribution in [0.1, 0.15) is 16.8 Å². The highest BCUT2D eigenvalue weighted by molar-refractivity contribution is 9.10. The van der Waals surface area contributed by atoms with Crippen LogP contribution in [0.15, 0.2) is 68.7 Å². The summed E-state index contributed by atoms with van der Waals surface area (Å²) in [6.45, 7) is 0.311. The zero-order chi connectivity index (χ0) is 24.2. The van der Waals surface area contributed by atoms with Crippen LogP contribution in [0.4, 0.5) is 5.69 Å². The third kappa shape index (κ3) is 4.76. The van der Waals surface area contributed by atoms with Crippen LogP contribution in [0.3, 0.4) is 0 Å². The van der Waals surface area contributed by atoms with E-state index in [2.05, 4.69) is 20.9 Å². The molecule has 2 N–H and O–H groups in total. The van der Waals surface area contributed by atoms with E-state index in [0.29, 0.717) is 28.1 Å². The number of aromatic amines is 2. The summed E-state index contributed by atoms with van der Waals surface area (Å²) in [7, 11) is 1.50. The third-order valence-electron chi connectivity index (χ3n) is 5.07. The van der Waals surface area contributed by atoms with Gasteiger partial charge in [-0.2, -0.15) is 0 Å². The standard InChI is InChI=1S/C24H18BrN3O6/c1-33-20-12-14(9-10-19-21(28(31)32)23(29)27-24(30)26-19)11-18(25)22(20)34-13-16-7-4-6-15-5-2-3-8-17(15)16/h2-12H,13H2,1H3,(H2,26,27,29,30)/b10-9-. The average Bonchev–Trinajstić information content (AvgIpc) is 2.81. The lowest BCUT2D eigenvalue weighted by Crippen LogP contribution is -2.25. The summed E-state index contributed by atoms with van der Waals surface area (Å²) >= 11 is 3.49. The van der Waals surface area contributed by atoms with Crippen molar-refractivity contribution in [3.05, 3.63) is 107 Å². The van der Waals surface area contributed by atoms with Gasteiger partial charge in [-0.25, -0.2) is 4.79 Å². The molecule has 0 aliphatic carbocycles. The number of H-pyrrole nitrogens is 2. The number of hydrogen-bond donors (Lipinski definition) is 2. The molecule has 0 atom stereocenters. The first-order chi connectivity index (χ1) is 16.4. The first kappa shape index (κ1) is 23.0. The molecule has 0 spiro atoms. The van der Waals surface area contributed by atoms with Crippen molar-refractivity contribution in [1.82, 2.24) is 9.97 Å². The van der Waals surface area contributed by atoms with E-state index in [0.717, 1.165) is 16.3 Å². The van der Waals surface area contributed by atoms with Crippen LogP contribution >= 0.6 is 15.9 Å². The third-order valence-corrected chi connectivity index (χ3v) is 5.66. The van der Waals surface area contributed by atoms with Gasteiger partial charge in [0.05, 0.1) is 16.5 Å². The summed E-state index contributed by atoms with van der Waals surface area (Å²) in [4.78, 5) is 37.8. The largest absolute Gasteiger partial charge is 0.493 e. The van der Waals surface area contributed by atoms with Gasteiger partial charge in [-0.15, -0.1) is 0 Å². The summed E-state index contributed by atoms with van der Waals surface area (Å²) < 4.78 is 12.2. The van der Waals surface area contributed by atoms with Crippen molar-refractivity contribution in [2.45, 2.75) is 6.61 Å². The Hall–Kier alpha value is -4.18. The molecule has 0 fully saturated rings. The molecule has 0 aliphatic rings. The van der Waals surface area contributed by atoms with Gasteiger partial charge in [-0.3, -0.25) is 19.9 Å². The molecule has 9 nitrogen and oxygen atoms in total. The van der Waals surface area contributed by atoms with Gasteiger partial charge in [0.2, 0.25) is 0 Å². The quantitative estimate of drug-likeness (QED) is 0.268. The molecule has 1 aromatic heterocycles. The predicted octanol–water partition coefficient (Wildman–Crippen LogP) is 4.65. The molecular formula is C24H18BrN3O6. The second-order valence-electron chi connectivity index (χ2n) is 7.22. The van der Waals surface area contributed by atoms with Crippen LogP contribution in [0.2, 0.25) is 0 Å². The molecule has 34 heavy (non-hydrogen) atoms. The van der Waals surface area contributed by atoms with E-state index in [9.17, 15) is 19.7 Å². The molecule has 0 unspecified atom stereocenters. The zero-order valence-electron chi connectivity index (χ0n) is 17.8. The fourth-order valence-corrected chi connectivity index (χ4v) is 4.10. The van der Waals surface area contributed by atoms with Gasteiger partial charge in [-0.1, -0.05) is 48.5 Å². The number of hydrogen-bond acceptors (Lipinski definition) is 6. The van der Waals surface area contributed by atoms with E-state index in [1.54, 1.807) is 12.1 Å². The molecule has 0 amide bonds. The SMILES string of the molecule is COc1cc(/C=C\c2[nH]c(=O)[nH]c(=O)c2[N+](=O)[O-])cc(Br)c1OCc1cccc2ccccc12. The molecule has 0 radical (unpaired) electrons. The highest BCUT2D eigenvalue weighted by Crippen LogP contribution is 2.38. The highest BCUT2D eigenvalue weighted by atomic mass is 79.9. The molecule has 172 valence electrons. The van der Waals surface area contributed by atoms with Crippen molar-refractivity contribution in [3.63, 3.8) is 0 Å². The molecule has 0 saturated heterocycles. The van der Waals surface area contributed by atoms with Crippen LogP contribution in [0, 0.1) is 10.1 Å². The highest BCUT2D eigenvalue weighted by Gasteiger charge is 2.19. The van der Waals surface area contributed by atoms with E-state index in [4.69, 9.17) is 9.47 Å². The Labute approximate surface area is 201 Å². The lowest BCUT2D eigenvalue weighted by molar-refractivity contribution is -0.386. The van der Waals surface area contributed by atoms with Gasteiger partial charge in [-0.05, 0) is 56.0 Å². The predicted molar refractivity (Wildman–Crippen MR) is 132 cm³/mol. The van der Waals surface area contributed by atoms with Crippen LogP contribution in [0.25, 0.3) is 22.9 Å². The van der Waals surface area contributed by atoms with E-state index < -0.39 is 21.9 Å². The van der Waals surface area contributed by atoms with Gasteiger partial charge in [0.1, 0.15) is 12.3 Å². The summed E-state index contributed by atoms with van der Waals surface area (Å²) in [5.41, 5.74) is -1.28. The Balaban J connectivity index is 1.64. The minimum absolute atomic E-state index is 0.217. The van der Waals surface area contributed by atoms with Crippen molar-refractivity contribution in [2.75, 3.05) is 7.11 Å². The Kier molecular flexibility index (Phi) is 6.60. The van der Waals surface area contributed by atoms with Gasteiger partial charge in [0.25, 0.3) is 0 Å². The number of nitro groups is 1. The molecule has 3 aromatic carbocycles. The smallest absolute Gasteiger partial charge is 0.357 e. The van der Waals surface area contributed by atoms with Gasteiger partial charge < -0.3 is 14.5 Å². The molecule has 4 rings (SSSR count). The van der Waals surface area contributed by atoms with Crippen molar-refractivity contribution in [1.29, 1.82) is 0 Å². The molecule has 0 bridgehead atoms. The zero-order valence-corrected chi connectivity index (χ0v) is 19.4. The molecule has 0 saturated carbocycles. The number of halogens is 1. The van der Waals surface area contributed by atoms with Crippen LogP contribution in [0.5, 0.6) is 11.5 Å². The van der Waals surface area contributed by atoms with Gasteiger partial charge >= 0.3 is 16.9 Å². The fourth-order valence-electron chi connectivity index (χ4n) is 3.52. The number of aromatic nitrogens is 2. The maximum absolute atomic E-state index is 11.8. The van der Waals surface area contributed by atoms with E-state index >= 15 is 0 Å². The summed E-state index contributed by atoms with van der Waals surface area (Å²) in [5.74, 6) is 0.922. The first-order valence-corrected chi connectivity index (χ1v) is 10.8. The second kappa shape index (κ2) is 9.75. The Morgan fingerprint density at radius 3 is 2.59 bits per heavy atom. The van der Waals surface area contributed by atoms with Crippen LogP contribution in [-0.4, -0.2) is 22.0 Å². The maximum atomic E-state index is 11.8. The van der Waals surface area contributed by atoms with E-state index in [1.165, 1.54) is 19.3 Å². The molecule has 10 heteroatoms. The number of nitrogens with zero attached hydrogens (tertiary/aromatic N) is 1. The van der Waals surface area contributed by atoms with Gasteiger partial charge in [0, 0.05) is 0 Å². The topological polar surface area (TPSA) is 127 Å². The number of nitrogens with one attached hydrogen (secondary N) is 2. The monoisotopic (exact) mass is 523 g/mol.